The summed E-state index contributed by atoms with van der Waals surface area (Å²) in [7, 11) is 0. The van der Waals surface area contributed by atoms with Crippen LogP contribution in [-0.2, 0) is 9.47 Å². The number of carbonyl (C=O) groups excluding carboxylic acids is 1. The van der Waals surface area contributed by atoms with Gasteiger partial charge in [0.25, 0.3) is 0 Å². The van der Waals surface area contributed by atoms with Gasteiger partial charge in [0.15, 0.2) is 0 Å². The van der Waals surface area contributed by atoms with Crippen molar-refractivity contribution in [2.24, 2.45) is 17.3 Å². The largest absolute Gasteiger partial charge is 0.515 e. The Balaban J connectivity index is 2.10. The molecular formula is C14H24O5. The zero-order chi connectivity index (χ0) is 14.5. The van der Waals surface area contributed by atoms with Crippen LogP contribution in [0.1, 0.15) is 53.4 Å². The van der Waals surface area contributed by atoms with Gasteiger partial charge in [0.2, 0.25) is 5.79 Å². The SMILES string of the molecule is CC(C)C1CCC(C)(C(O)(O)C2(C)OC(=O)O2)CC1. The average molecular weight is 272 g/mol. The molecule has 5 heteroatoms. The molecule has 19 heavy (non-hydrogen) atoms. The van der Waals surface area contributed by atoms with Crippen LogP contribution in [-0.4, -0.2) is 27.9 Å². The maximum Gasteiger partial charge on any atom is 0.515 e. The first-order chi connectivity index (χ1) is 8.61. The second kappa shape index (κ2) is 4.35. The molecule has 2 aliphatic rings. The third kappa shape index (κ3) is 2.13. The predicted molar refractivity (Wildman–Crippen MR) is 68.0 cm³/mol. The van der Waals surface area contributed by atoms with E-state index in [9.17, 15) is 15.0 Å². The Labute approximate surface area is 113 Å². The summed E-state index contributed by atoms with van der Waals surface area (Å²) in [5, 5.41) is 20.9. The molecule has 1 heterocycles. The van der Waals surface area contributed by atoms with E-state index in [4.69, 9.17) is 9.47 Å². The average Bonchev–Trinajstić information content (AvgIpc) is 2.27. The molecule has 0 atom stereocenters. The lowest BCUT2D eigenvalue weighted by atomic mass is 9.63. The molecule has 0 bridgehead atoms. The second-order valence-corrected chi connectivity index (χ2v) is 6.71. The van der Waals surface area contributed by atoms with Crippen LogP contribution in [0.25, 0.3) is 0 Å². The highest BCUT2D eigenvalue weighted by Gasteiger charge is 2.67. The molecule has 0 aromatic carbocycles. The number of hydrogen-bond donors (Lipinski definition) is 2. The van der Waals surface area contributed by atoms with E-state index in [0.717, 1.165) is 12.8 Å². The van der Waals surface area contributed by atoms with Crippen LogP contribution >= 0.6 is 0 Å². The molecule has 110 valence electrons. The number of ether oxygens (including phenoxy) is 2. The lowest BCUT2D eigenvalue weighted by Gasteiger charge is -2.54. The molecule has 0 aromatic heterocycles. The van der Waals surface area contributed by atoms with Crippen molar-refractivity contribution in [3.63, 3.8) is 0 Å². The second-order valence-electron chi connectivity index (χ2n) is 6.71. The van der Waals surface area contributed by atoms with Gasteiger partial charge in [-0.15, -0.1) is 0 Å². The molecule has 0 spiro atoms. The summed E-state index contributed by atoms with van der Waals surface area (Å²) < 4.78 is 9.65. The summed E-state index contributed by atoms with van der Waals surface area (Å²) >= 11 is 0. The van der Waals surface area contributed by atoms with Crippen LogP contribution in [0.2, 0.25) is 0 Å². The predicted octanol–water partition coefficient (Wildman–Crippen LogP) is 2.40. The normalized spacial score (nSPS) is 34.5. The molecule has 1 aliphatic heterocycles. The topological polar surface area (TPSA) is 76.0 Å². The monoisotopic (exact) mass is 272 g/mol. The van der Waals surface area contributed by atoms with E-state index in [0.29, 0.717) is 24.7 Å². The number of cyclic esters (lactones) is 2. The van der Waals surface area contributed by atoms with Crippen molar-refractivity contribution in [1.82, 2.24) is 0 Å². The smallest absolute Gasteiger partial charge is 0.385 e. The van der Waals surface area contributed by atoms with Gasteiger partial charge < -0.3 is 19.7 Å². The molecular weight excluding hydrogens is 248 g/mol. The van der Waals surface area contributed by atoms with Gasteiger partial charge in [-0.25, -0.2) is 4.79 Å². The summed E-state index contributed by atoms with van der Waals surface area (Å²) in [6.07, 6.45) is 2.40. The summed E-state index contributed by atoms with van der Waals surface area (Å²) in [6, 6.07) is 0. The molecule has 2 fully saturated rings. The van der Waals surface area contributed by atoms with Crippen LogP contribution in [0, 0.1) is 17.3 Å². The first-order valence-corrected chi connectivity index (χ1v) is 6.98. The van der Waals surface area contributed by atoms with Gasteiger partial charge in [0.1, 0.15) is 0 Å². The van der Waals surface area contributed by atoms with E-state index in [1.165, 1.54) is 6.92 Å². The minimum Gasteiger partial charge on any atom is -0.385 e. The van der Waals surface area contributed by atoms with Gasteiger partial charge in [0.05, 0.1) is 0 Å². The van der Waals surface area contributed by atoms with Crippen molar-refractivity contribution in [3.8, 4) is 0 Å². The molecule has 0 unspecified atom stereocenters. The van der Waals surface area contributed by atoms with Gasteiger partial charge in [-0.2, -0.15) is 0 Å². The Hall–Kier alpha value is -0.810. The highest BCUT2D eigenvalue weighted by atomic mass is 16.9. The van der Waals surface area contributed by atoms with Crippen molar-refractivity contribution in [3.05, 3.63) is 0 Å². The van der Waals surface area contributed by atoms with Crippen molar-refractivity contribution < 1.29 is 24.5 Å². The standard InChI is InChI=1S/C14H24O5/c1-9(2)10-5-7-12(3,8-6-10)14(16,17)13(4)18-11(15)19-13/h9-10,16-17H,5-8H2,1-4H3. The van der Waals surface area contributed by atoms with Crippen molar-refractivity contribution >= 4 is 6.16 Å². The summed E-state index contributed by atoms with van der Waals surface area (Å²) in [5.41, 5.74) is -0.728. The summed E-state index contributed by atoms with van der Waals surface area (Å²) in [5.74, 6) is -2.61. The van der Waals surface area contributed by atoms with Crippen LogP contribution in [0.15, 0.2) is 0 Å². The highest BCUT2D eigenvalue weighted by molar-refractivity contribution is 5.66. The quantitative estimate of drug-likeness (QED) is 0.609. The molecule has 1 saturated heterocycles. The fraction of sp³-hybridized carbons (Fsp3) is 0.929. The van der Waals surface area contributed by atoms with Crippen LogP contribution in [0.3, 0.4) is 0 Å². The Kier molecular flexibility index (Phi) is 3.34. The zero-order valence-electron chi connectivity index (χ0n) is 12.1. The van der Waals surface area contributed by atoms with Gasteiger partial charge in [0, 0.05) is 12.3 Å². The van der Waals surface area contributed by atoms with Crippen LogP contribution < -0.4 is 0 Å². The zero-order valence-corrected chi connectivity index (χ0v) is 12.1. The number of aliphatic hydroxyl groups is 2. The third-order valence-electron chi connectivity index (χ3n) is 5.11. The number of rotatable bonds is 3. The Morgan fingerprint density at radius 1 is 1.21 bits per heavy atom. The van der Waals surface area contributed by atoms with Crippen molar-refractivity contribution in [2.45, 2.75) is 65.0 Å². The third-order valence-corrected chi connectivity index (χ3v) is 5.11. The Morgan fingerprint density at radius 2 is 1.68 bits per heavy atom. The van der Waals surface area contributed by atoms with E-state index in [1.807, 2.05) is 6.92 Å². The first kappa shape index (κ1) is 14.6. The van der Waals surface area contributed by atoms with Gasteiger partial charge in [-0.3, -0.25) is 0 Å². The maximum atomic E-state index is 10.8. The molecule has 1 aliphatic carbocycles. The Bertz CT molecular complexity index is 358. The maximum absolute atomic E-state index is 10.8. The minimum atomic E-state index is -2.17. The van der Waals surface area contributed by atoms with Gasteiger partial charge >= 0.3 is 11.9 Å². The van der Waals surface area contributed by atoms with Crippen LogP contribution in [0.5, 0.6) is 0 Å². The molecule has 0 aromatic rings. The number of carbonyl (C=O) groups is 1. The van der Waals surface area contributed by atoms with E-state index in [-0.39, 0.29) is 0 Å². The van der Waals surface area contributed by atoms with Gasteiger partial charge in [-0.1, -0.05) is 20.8 Å². The molecule has 1 saturated carbocycles. The van der Waals surface area contributed by atoms with E-state index < -0.39 is 23.1 Å². The van der Waals surface area contributed by atoms with Crippen molar-refractivity contribution in [2.75, 3.05) is 0 Å². The minimum absolute atomic E-state index is 0.602. The van der Waals surface area contributed by atoms with E-state index in [2.05, 4.69) is 13.8 Å². The van der Waals surface area contributed by atoms with E-state index >= 15 is 0 Å². The molecule has 0 amide bonds. The molecule has 2 N–H and O–H groups in total. The van der Waals surface area contributed by atoms with E-state index in [1.54, 1.807) is 0 Å². The molecule has 2 rings (SSSR count). The lowest BCUT2D eigenvalue weighted by Crippen LogP contribution is -2.70. The fourth-order valence-corrected chi connectivity index (χ4v) is 3.31. The van der Waals surface area contributed by atoms with Gasteiger partial charge in [-0.05, 0) is 37.5 Å². The number of hydrogen-bond acceptors (Lipinski definition) is 5. The molecule has 5 nitrogen and oxygen atoms in total. The summed E-state index contributed by atoms with van der Waals surface area (Å²) in [6.45, 7) is 7.60. The lowest BCUT2D eigenvalue weighted by molar-refractivity contribution is -0.432. The van der Waals surface area contributed by atoms with Crippen molar-refractivity contribution in [1.29, 1.82) is 0 Å². The Morgan fingerprint density at radius 3 is 2.05 bits per heavy atom. The summed E-state index contributed by atoms with van der Waals surface area (Å²) in [4.78, 5) is 10.8. The fourth-order valence-electron chi connectivity index (χ4n) is 3.31. The first-order valence-electron chi connectivity index (χ1n) is 6.98. The highest BCUT2D eigenvalue weighted by Crippen LogP contribution is 2.53. The molecule has 0 radical (unpaired) electrons. The van der Waals surface area contributed by atoms with Crippen LogP contribution in [0.4, 0.5) is 4.79 Å².